The standard InChI is InChI=1S/C3H6ClFO/c1-2(4)3(5)6/h2-3,6H,1H3. The third kappa shape index (κ3) is 2.42. The first-order chi connectivity index (χ1) is 2.64. The van der Waals surface area contributed by atoms with Gasteiger partial charge in [0.2, 0.25) is 6.36 Å². The Kier molecular flexibility index (Phi) is 2.44. The van der Waals surface area contributed by atoms with Crippen molar-refractivity contribution in [1.82, 2.24) is 0 Å². The van der Waals surface area contributed by atoms with Gasteiger partial charge in [0, 0.05) is 0 Å². The summed E-state index contributed by atoms with van der Waals surface area (Å²) in [6.07, 6.45) is -1.88. The lowest BCUT2D eigenvalue weighted by Crippen LogP contribution is -2.09. The van der Waals surface area contributed by atoms with Crippen molar-refractivity contribution in [2.75, 3.05) is 0 Å². The van der Waals surface area contributed by atoms with Crippen LogP contribution in [-0.2, 0) is 0 Å². The molecule has 38 valence electrons. The second-order valence-corrected chi connectivity index (χ2v) is 1.74. The van der Waals surface area contributed by atoms with E-state index in [1.807, 2.05) is 0 Å². The number of alkyl halides is 2. The molecule has 0 heterocycles. The molecule has 2 atom stereocenters. The first-order valence-electron chi connectivity index (χ1n) is 1.61. The molecular weight excluding hydrogens is 106 g/mol. The Bertz CT molecular complexity index is 31.8. The van der Waals surface area contributed by atoms with E-state index in [1.54, 1.807) is 0 Å². The first kappa shape index (κ1) is 6.18. The Morgan fingerprint density at radius 2 is 2.00 bits per heavy atom. The Hall–Kier alpha value is 0.180. The van der Waals surface area contributed by atoms with E-state index in [9.17, 15) is 4.39 Å². The van der Waals surface area contributed by atoms with Gasteiger partial charge in [0.1, 0.15) is 0 Å². The zero-order chi connectivity index (χ0) is 5.15. The van der Waals surface area contributed by atoms with Gasteiger partial charge in [-0.05, 0) is 6.92 Å². The number of rotatable bonds is 1. The zero-order valence-electron chi connectivity index (χ0n) is 3.36. The van der Waals surface area contributed by atoms with Crippen molar-refractivity contribution < 1.29 is 9.50 Å². The highest BCUT2D eigenvalue weighted by Gasteiger charge is 2.05. The van der Waals surface area contributed by atoms with Crippen molar-refractivity contribution >= 4 is 11.6 Å². The van der Waals surface area contributed by atoms with Crippen molar-refractivity contribution in [2.45, 2.75) is 18.7 Å². The maximum Gasteiger partial charge on any atom is 0.212 e. The van der Waals surface area contributed by atoms with E-state index in [-0.39, 0.29) is 0 Å². The number of halogens is 2. The van der Waals surface area contributed by atoms with Crippen LogP contribution >= 0.6 is 11.6 Å². The van der Waals surface area contributed by atoms with Crippen LogP contribution in [0, 0.1) is 0 Å². The van der Waals surface area contributed by atoms with Crippen molar-refractivity contribution in [3.63, 3.8) is 0 Å². The smallest absolute Gasteiger partial charge is 0.212 e. The molecule has 0 bridgehead atoms. The van der Waals surface area contributed by atoms with Crippen molar-refractivity contribution in [3.8, 4) is 0 Å². The molecule has 0 radical (unpaired) electrons. The highest BCUT2D eigenvalue weighted by molar-refractivity contribution is 6.20. The number of aliphatic hydroxyl groups is 1. The summed E-state index contributed by atoms with van der Waals surface area (Å²) < 4.78 is 11.2. The third-order valence-corrected chi connectivity index (χ3v) is 0.587. The fourth-order valence-corrected chi connectivity index (χ4v) is 0. The van der Waals surface area contributed by atoms with E-state index >= 15 is 0 Å². The van der Waals surface area contributed by atoms with Crippen LogP contribution in [0.15, 0.2) is 0 Å². The molecule has 0 fully saturated rings. The van der Waals surface area contributed by atoms with Crippen molar-refractivity contribution in [1.29, 1.82) is 0 Å². The van der Waals surface area contributed by atoms with Gasteiger partial charge in [-0.25, -0.2) is 4.39 Å². The predicted molar refractivity (Wildman–Crippen MR) is 22.4 cm³/mol. The molecule has 0 spiro atoms. The number of hydrogen-bond donors (Lipinski definition) is 1. The van der Waals surface area contributed by atoms with E-state index in [2.05, 4.69) is 0 Å². The molecule has 1 nitrogen and oxygen atoms in total. The van der Waals surface area contributed by atoms with Crippen LogP contribution in [0.25, 0.3) is 0 Å². The van der Waals surface area contributed by atoms with Gasteiger partial charge in [-0.1, -0.05) is 0 Å². The minimum Gasteiger partial charge on any atom is -0.363 e. The van der Waals surface area contributed by atoms with Gasteiger partial charge >= 0.3 is 0 Å². The molecule has 0 aromatic carbocycles. The fourth-order valence-electron chi connectivity index (χ4n) is 0. The first-order valence-corrected chi connectivity index (χ1v) is 2.04. The Morgan fingerprint density at radius 1 is 1.83 bits per heavy atom. The van der Waals surface area contributed by atoms with Gasteiger partial charge in [-0.15, -0.1) is 11.6 Å². The lowest BCUT2D eigenvalue weighted by atomic mass is 10.5. The summed E-state index contributed by atoms with van der Waals surface area (Å²) in [6.45, 7) is 1.38. The molecule has 6 heavy (non-hydrogen) atoms. The van der Waals surface area contributed by atoms with Gasteiger partial charge in [-0.2, -0.15) is 0 Å². The summed E-state index contributed by atoms with van der Waals surface area (Å²) in [5.41, 5.74) is 0. The zero-order valence-corrected chi connectivity index (χ0v) is 4.11. The molecule has 0 aliphatic rings. The van der Waals surface area contributed by atoms with Crippen molar-refractivity contribution in [3.05, 3.63) is 0 Å². The van der Waals surface area contributed by atoms with E-state index in [4.69, 9.17) is 16.7 Å². The lowest BCUT2D eigenvalue weighted by molar-refractivity contribution is 0.0425. The van der Waals surface area contributed by atoms with Crippen LogP contribution in [0.5, 0.6) is 0 Å². The minimum absolute atomic E-state index is 0.787. The maximum absolute atomic E-state index is 11.2. The van der Waals surface area contributed by atoms with Gasteiger partial charge in [0.15, 0.2) is 0 Å². The molecule has 0 amide bonds. The molecular formula is C3H6ClFO. The normalized spacial score (nSPS) is 20.0. The van der Waals surface area contributed by atoms with E-state index in [0.717, 1.165) is 0 Å². The lowest BCUT2D eigenvalue weighted by Gasteiger charge is -1.97. The van der Waals surface area contributed by atoms with Crippen LogP contribution in [0.4, 0.5) is 4.39 Å². The summed E-state index contributed by atoms with van der Waals surface area (Å²) in [6, 6.07) is 0. The van der Waals surface area contributed by atoms with E-state index < -0.39 is 11.7 Å². The van der Waals surface area contributed by atoms with E-state index in [1.165, 1.54) is 6.92 Å². The average Bonchev–Trinajstić information content (AvgIpc) is 1.36. The maximum atomic E-state index is 11.2. The Morgan fingerprint density at radius 3 is 2.00 bits per heavy atom. The van der Waals surface area contributed by atoms with E-state index in [0.29, 0.717) is 0 Å². The summed E-state index contributed by atoms with van der Waals surface area (Å²) in [4.78, 5) is 0. The Labute approximate surface area is 40.7 Å². The van der Waals surface area contributed by atoms with Crippen LogP contribution in [0.2, 0.25) is 0 Å². The van der Waals surface area contributed by atoms with Crippen LogP contribution in [0.1, 0.15) is 6.92 Å². The highest BCUT2D eigenvalue weighted by Crippen LogP contribution is 2.00. The summed E-state index contributed by atoms with van der Waals surface area (Å²) in [5, 5.41) is 7.04. The van der Waals surface area contributed by atoms with Crippen LogP contribution in [0.3, 0.4) is 0 Å². The topological polar surface area (TPSA) is 20.2 Å². The van der Waals surface area contributed by atoms with Gasteiger partial charge < -0.3 is 5.11 Å². The molecule has 2 unspecified atom stereocenters. The molecule has 3 heteroatoms. The average molecular weight is 113 g/mol. The molecule has 0 aliphatic carbocycles. The highest BCUT2D eigenvalue weighted by atomic mass is 35.5. The molecule has 0 saturated heterocycles. The van der Waals surface area contributed by atoms with Gasteiger partial charge in [0.05, 0.1) is 5.38 Å². The Balaban J connectivity index is 2.99. The molecule has 0 aromatic rings. The second-order valence-electron chi connectivity index (χ2n) is 1.05. The van der Waals surface area contributed by atoms with Gasteiger partial charge in [0.25, 0.3) is 0 Å². The summed E-state index contributed by atoms with van der Waals surface area (Å²) in [5.74, 6) is 0. The summed E-state index contributed by atoms with van der Waals surface area (Å²) in [7, 11) is 0. The molecule has 1 N–H and O–H groups in total. The van der Waals surface area contributed by atoms with Gasteiger partial charge in [-0.3, -0.25) is 0 Å². The number of hydrogen-bond acceptors (Lipinski definition) is 1. The minimum atomic E-state index is -1.88. The monoisotopic (exact) mass is 112 g/mol. The molecule has 0 aromatic heterocycles. The summed E-state index contributed by atoms with van der Waals surface area (Å²) >= 11 is 4.99. The third-order valence-electron chi connectivity index (χ3n) is 0.379. The molecule has 0 aliphatic heterocycles. The predicted octanol–water partition coefficient (Wildman–Crippen LogP) is 0.902. The largest absolute Gasteiger partial charge is 0.363 e. The SMILES string of the molecule is CC(Cl)C(O)F. The molecule has 0 saturated carbocycles. The van der Waals surface area contributed by atoms with Crippen LogP contribution in [-0.4, -0.2) is 16.8 Å². The van der Waals surface area contributed by atoms with Crippen LogP contribution < -0.4 is 0 Å². The van der Waals surface area contributed by atoms with Crippen molar-refractivity contribution in [2.24, 2.45) is 0 Å². The quantitative estimate of drug-likeness (QED) is 0.500. The fraction of sp³-hybridized carbons (Fsp3) is 1.00. The number of aliphatic hydroxyl groups excluding tert-OH is 1. The molecule has 0 rings (SSSR count). The second kappa shape index (κ2) is 2.37.